The normalized spacial score (nSPS) is 19.3. The standard InChI is InChI=1S/C28H32N4O2/c1-18-27-23(14-28(2,3)15-25(27)33)31-22-10-6-7-11-24(22)32(18)17-26(34)29-13-12-19-16-30-21-9-5-4-8-20(19)21/h4-11,16,18,30-31H,12-15,17H2,1-3H3,(H,29,34). The first-order chi connectivity index (χ1) is 16.3. The Kier molecular flexibility index (Phi) is 5.68. The summed E-state index contributed by atoms with van der Waals surface area (Å²) in [5.41, 5.74) is 5.91. The van der Waals surface area contributed by atoms with Crippen molar-refractivity contribution in [2.24, 2.45) is 5.41 Å². The molecule has 6 nitrogen and oxygen atoms in total. The van der Waals surface area contributed by atoms with Crippen molar-refractivity contribution in [3.63, 3.8) is 0 Å². The van der Waals surface area contributed by atoms with Crippen LogP contribution in [0.25, 0.3) is 10.9 Å². The number of Topliss-reactive ketones (excluding diaryl/α,β-unsaturated/α-hetero) is 1. The molecule has 1 unspecified atom stereocenters. The number of aromatic nitrogens is 1. The highest BCUT2D eigenvalue weighted by atomic mass is 16.2. The molecule has 0 fully saturated rings. The summed E-state index contributed by atoms with van der Waals surface area (Å²) in [4.78, 5) is 31.6. The smallest absolute Gasteiger partial charge is 0.239 e. The molecule has 0 saturated carbocycles. The molecule has 6 heteroatoms. The average molecular weight is 457 g/mol. The van der Waals surface area contributed by atoms with Crippen molar-refractivity contribution < 1.29 is 9.59 Å². The number of hydrogen-bond acceptors (Lipinski definition) is 4. The van der Waals surface area contributed by atoms with Crippen LogP contribution in [-0.2, 0) is 16.0 Å². The van der Waals surface area contributed by atoms with Gasteiger partial charge in [-0.25, -0.2) is 0 Å². The first kappa shape index (κ1) is 22.3. The Hall–Kier alpha value is -3.54. The minimum atomic E-state index is -0.186. The highest BCUT2D eigenvalue weighted by Crippen LogP contribution is 2.43. The number of hydrogen-bond donors (Lipinski definition) is 3. The van der Waals surface area contributed by atoms with Crippen LogP contribution in [-0.4, -0.2) is 35.8 Å². The monoisotopic (exact) mass is 456 g/mol. The fourth-order valence-electron chi connectivity index (χ4n) is 5.40. The van der Waals surface area contributed by atoms with Crippen LogP contribution < -0.4 is 15.5 Å². The number of rotatable bonds is 5. The van der Waals surface area contributed by atoms with Gasteiger partial charge in [-0.3, -0.25) is 9.59 Å². The van der Waals surface area contributed by atoms with Crippen molar-refractivity contribution in [2.75, 3.05) is 23.3 Å². The van der Waals surface area contributed by atoms with E-state index in [1.54, 1.807) is 0 Å². The van der Waals surface area contributed by atoms with Crippen LogP contribution in [0.2, 0.25) is 0 Å². The van der Waals surface area contributed by atoms with Crippen LogP contribution in [0, 0.1) is 5.41 Å². The summed E-state index contributed by atoms with van der Waals surface area (Å²) in [5.74, 6) is 0.123. The summed E-state index contributed by atoms with van der Waals surface area (Å²) in [5, 5.41) is 7.82. The Bertz CT molecular complexity index is 1290. The summed E-state index contributed by atoms with van der Waals surface area (Å²) in [6, 6.07) is 16.0. The van der Waals surface area contributed by atoms with E-state index in [0.29, 0.717) is 13.0 Å². The molecule has 1 aliphatic heterocycles. The predicted octanol–water partition coefficient (Wildman–Crippen LogP) is 4.79. The molecule has 3 aromatic rings. The second kappa shape index (κ2) is 8.67. The zero-order valence-electron chi connectivity index (χ0n) is 20.1. The van der Waals surface area contributed by atoms with Crippen molar-refractivity contribution in [1.82, 2.24) is 10.3 Å². The summed E-state index contributed by atoms with van der Waals surface area (Å²) in [6.45, 7) is 7.06. The summed E-state index contributed by atoms with van der Waals surface area (Å²) >= 11 is 0. The first-order valence-corrected chi connectivity index (χ1v) is 12.0. The first-order valence-electron chi connectivity index (χ1n) is 12.0. The number of carbonyl (C=O) groups excluding carboxylic acids is 2. The van der Waals surface area contributed by atoms with Gasteiger partial charge in [0.1, 0.15) is 0 Å². The lowest BCUT2D eigenvalue weighted by Gasteiger charge is -2.36. The number of amides is 1. The van der Waals surface area contributed by atoms with E-state index < -0.39 is 0 Å². The molecule has 0 radical (unpaired) electrons. The Morgan fingerprint density at radius 3 is 2.74 bits per heavy atom. The van der Waals surface area contributed by atoms with Gasteiger partial charge < -0.3 is 20.5 Å². The molecule has 5 rings (SSSR count). The van der Waals surface area contributed by atoms with Gasteiger partial charge in [0.2, 0.25) is 5.91 Å². The van der Waals surface area contributed by atoms with Crippen molar-refractivity contribution in [1.29, 1.82) is 0 Å². The highest BCUT2D eigenvalue weighted by Gasteiger charge is 2.39. The highest BCUT2D eigenvalue weighted by molar-refractivity contribution is 6.01. The molecule has 34 heavy (non-hydrogen) atoms. The minimum Gasteiger partial charge on any atom is -0.361 e. The lowest BCUT2D eigenvalue weighted by atomic mass is 9.74. The van der Waals surface area contributed by atoms with Crippen molar-refractivity contribution >= 4 is 34.0 Å². The third kappa shape index (κ3) is 4.20. The van der Waals surface area contributed by atoms with Gasteiger partial charge in [-0.05, 0) is 48.9 Å². The maximum atomic E-state index is 13.2. The molecular formula is C28H32N4O2. The Balaban J connectivity index is 1.33. The fourth-order valence-corrected chi connectivity index (χ4v) is 5.40. The molecule has 3 N–H and O–H groups in total. The number of fused-ring (bicyclic) bond motifs is 2. The number of nitrogens with one attached hydrogen (secondary N) is 3. The maximum absolute atomic E-state index is 13.2. The molecular weight excluding hydrogens is 424 g/mol. The Morgan fingerprint density at radius 1 is 1.12 bits per heavy atom. The molecule has 2 heterocycles. The average Bonchev–Trinajstić information content (AvgIpc) is 3.15. The quantitative estimate of drug-likeness (QED) is 0.516. The minimum absolute atomic E-state index is 0.0471. The van der Waals surface area contributed by atoms with Gasteiger partial charge in [-0.1, -0.05) is 44.2 Å². The number of allylic oxidation sites excluding steroid dienone is 1. The molecule has 0 bridgehead atoms. The SMILES string of the molecule is CC1C2=C(CC(C)(C)CC2=O)Nc2ccccc2N1CC(=O)NCCc1c[nH]c2ccccc12. The van der Waals surface area contributed by atoms with Crippen LogP contribution in [0.4, 0.5) is 11.4 Å². The van der Waals surface area contributed by atoms with Crippen LogP contribution >= 0.6 is 0 Å². The van der Waals surface area contributed by atoms with Gasteiger partial charge in [0.25, 0.3) is 0 Å². The molecule has 2 aromatic carbocycles. The van der Waals surface area contributed by atoms with Gasteiger partial charge >= 0.3 is 0 Å². The number of aromatic amines is 1. The summed E-state index contributed by atoms with van der Waals surface area (Å²) in [6.07, 6.45) is 4.11. The predicted molar refractivity (Wildman–Crippen MR) is 137 cm³/mol. The van der Waals surface area contributed by atoms with Crippen LogP contribution in [0.15, 0.2) is 66.0 Å². The van der Waals surface area contributed by atoms with E-state index in [1.165, 1.54) is 10.9 Å². The number of benzene rings is 2. The molecule has 1 atom stereocenters. The second-order valence-electron chi connectivity index (χ2n) is 10.2. The van der Waals surface area contributed by atoms with Crippen LogP contribution in [0.5, 0.6) is 0 Å². The number of ketones is 1. The number of nitrogens with zero attached hydrogens (tertiary/aromatic N) is 1. The number of H-pyrrole nitrogens is 1. The number of carbonyl (C=O) groups is 2. The van der Waals surface area contributed by atoms with Gasteiger partial charge in [0.15, 0.2) is 5.78 Å². The lowest BCUT2D eigenvalue weighted by molar-refractivity contribution is -0.120. The van der Waals surface area contributed by atoms with Gasteiger partial charge in [0, 0.05) is 41.3 Å². The van der Waals surface area contributed by atoms with Crippen molar-refractivity contribution in [2.45, 2.75) is 46.1 Å². The fraction of sp³-hybridized carbons (Fsp3) is 0.357. The zero-order chi connectivity index (χ0) is 23.9. The van der Waals surface area contributed by atoms with E-state index in [-0.39, 0.29) is 29.7 Å². The van der Waals surface area contributed by atoms with Gasteiger partial charge in [0.05, 0.1) is 24.0 Å². The number of para-hydroxylation sites is 3. The molecule has 1 aromatic heterocycles. The van der Waals surface area contributed by atoms with E-state index in [0.717, 1.165) is 41.0 Å². The topological polar surface area (TPSA) is 77.2 Å². The second-order valence-corrected chi connectivity index (χ2v) is 10.2. The van der Waals surface area contributed by atoms with E-state index >= 15 is 0 Å². The van der Waals surface area contributed by atoms with Crippen LogP contribution in [0.1, 0.15) is 39.2 Å². The lowest BCUT2D eigenvalue weighted by Crippen LogP contribution is -2.45. The third-order valence-corrected chi connectivity index (χ3v) is 7.01. The molecule has 176 valence electrons. The molecule has 1 aliphatic carbocycles. The van der Waals surface area contributed by atoms with E-state index in [1.807, 2.05) is 49.5 Å². The van der Waals surface area contributed by atoms with Crippen molar-refractivity contribution in [3.8, 4) is 0 Å². The molecule has 0 spiro atoms. The third-order valence-electron chi connectivity index (χ3n) is 7.01. The van der Waals surface area contributed by atoms with Gasteiger partial charge in [-0.15, -0.1) is 0 Å². The number of anilines is 2. The Morgan fingerprint density at radius 2 is 1.88 bits per heavy atom. The summed E-state index contributed by atoms with van der Waals surface area (Å²) < 4.78 is 0. The molecule has 1 amide bonds. The van der Waals surface area contributed by atoms with E-state index in [9.17, 15) is 9.59 Å². The summed E-state index contributed by atoms with van der Waals surface area (Å²) in [7, 11) is 0. The van der Waals surface area contributed by atoms with Crippen molar-refractivity contribution in [3.05, 3.63) is 71.6 Å². The molecule has 0 saturated heterocycles. The van der Waals surface area contributed by atoms with Crippen LogP contribution in [0.3, 0.4) is 0 Å². The molecule has 2 aliphatic rings. The largest absolute Gasteiger partial charge is 0.361 e. The van der Waals surface area contributed by atoms with E-state index in [4.69, 9.17) is 0 Å². The van der Waals surface area contributed by atoms with E-state index in [2.05, 4.69) is 46.5 Å². The zero-order valence-corrected chi connectivity index (χ0v) is 20.1. The maximum Gasteiger partial charge on any atom is 0.239 e. The van der Waals surface area contributed by atoms with Gasteiger partial charge in [-0.2, -0.15) is 0 Å². The Labute approximate surface area is 200 Å².